The number of hydrogen-bond donors (Lipinski definition) is 2. The maximum absolute atomic E-state index is 12.2. The van der Waals surface area contributed by atoms with E-state index in [1.54, 1.807) is 0 Å². The number of aryl methyl sites for hydroxylation is 2. The van der Waals surface area contributed by atoms with Gasteiger partial charge < -0.3 is 10.1 Å². The zero-order valence-electron chi connectivity index (χ0n) is 11.2. The fourth-order valence-corrected chi connectivity index (χ4v) is 3.37. The van der Waals surface area contributed by atoms with E-state index in [1.165, 1.54) is 16.9 Å². The second kappa shape index (κ2) is 4.85. The molecule has 0 spiro atoms. The summed E-state index contributed by atoms with van der Waals surface area (Å²) in [7, 11) is 0. The summed E-state index contributed by atoms with van der Waals surface area (Å²) in [6, 6.07) is 8.09. The molecule has 0 amide bonds. The predicted octanol–water partition coefficient (Wildman–Crippen LogP) is 2.76. The molecule has 2 aromatic heterocycles. The van der Waals surface area contributed by atoms with Crippen molar-refractivity contribution in [2.75, 3.05) is 0 Å². The summed E-state index contributed by atoms with van der Waals surface area (Å²) < 4.78 is 0. The van der Waals surface area contributed by atoms with E-state index in [2.05, 4.69) is 9.97 Å². The normalized spacial score (nSPS) is 11.2. The van der Waals surface area contributed by atoms with E-state index in [0.29, 0.717) is 16.0 Å². The third-order valence-electron chi connectivity index (χ3n) is 3.28. The van der Waals surface area contributed by atoms with Crippen LogP contribution in [0.3, 0.4) is 0 Å². The molecule has 0 saturated carbocycles. The first-order valence-electron chi connectivity index (χ1n) is 6.30. The van der Waals surface area contributed by atoms with Crippen LogP contribution in [0.1, 0.15) is 16.3 Å². The summed E-state index contributed by atoms with van der Waals surface area (Å²) >= 11 is 1.48. The van der Waals surface area contributed by atoms with Crippen LogP contribution in [-0.2, 0) is 6.61 Å². The van der Waals surface area contributed by atoms with Gasteiger partial charge in [-0.05, 0) is 19.4 Å². The Morgan fingerprint density at radius 3 is 2.60 bits per heavy atom. The van der Waals surface area contributed by atoms with Crippen LogP contribution in [0.25, 0.3) is 21.3 Å². The average Bonchev–Trinajstić information content (AvgIpc) is 2.76. The molecule has 0 radical (unpaired) electrons. The molecule has 0 fully saturated rings. The first-order valence-corrected chi connectivity index (χ1v) is 7.12. The zero-order valence-corrected chi connectivity index (χ0v) is 12.0. The molecule has 3 rings (SSSR count). The van der Waals surface area contributed by atoms with E-state index >= 15 is 0 Å². The molecule has 102 valence electrons. The Hall–Kier alpha value is -1.98. The van der Waals surface area contributed by atoms with Crippen molar-refractivity contribution in [3.63, 3.8) is 0 Å². The predicted molar refractivity (Wildman–Crippen MR) is 81.1 cm³/mol. The van der Waals surface area contributed by atoms with E-state index < -0.39 is 0 Å². The molecule has 20 heavy (non-hydrogen) atoms. The summed E-state index contributed by atoms with van der Waals surface area (Å²) in [5.74, 6) is 0.305. The van der Waals surface area contributed by atoms with Crippen molar-refractivity contribution in [2.24, 2.45) is 0 Å². The molecule has 0 aliphatic rings. The molecular formula is C15H14N2O2S. The van der Waals surface area contributed by atoms with Crippen LogP contribution in [0.15, 0.2) is 29.1 Å². The molecule has 0 aliphatic heterocycles. The second-order valence-electron chi connectivity index (χ2n) is 4.75. The molecule has 1 aromatic carbocycles. The van der Waals surface area contributed by atoms with Gasteiger partial charge in [-0.3, -0.25) is 4.79 Å². The van der Waals surface area contributed by atoms with Gasteiger partial charge in [0.1, 0.15) is 17.3 Å². The van der Waals surface area contributed by atoms with Crippen LogP contribution < -0.4 is 5.56 Å². The highest BCUT2D eigenvalue weighted by molar-refractivity contribution is 7.19. The van der Waals surface area contributed by atoms with Gasteiger partial charge in [0.15, 0.2) is 0 Å². The van der Waals surface area contributed by atoms with Crippen molar-refractivity contribution in [2.45, 2.75) is 20.5 Å². The summed E-state index contributed by atoms with van der Waals surface area (Å²) in [6.07, 6.45) is 0. The van der Waals surface area contributed by atoms with Gasteiger partial charge in [-0.2, -0.15) is 0 Å². The van der Waals surface area contributed by atoms with E-state index in [9.17, 15) is 4.79 Å². The van der Waals surface area contributed by atoms with E-state index in [4.69, 9.17) is 5.11 Å². The number of H-pyrrole nitrogens is 1. The Morgan fingerprint density at radius 1 is 1.25 bits per heavy atom. The monoisotopic (exact) mass is 286 g/mol. The average molecular weight is 286 g/mol. The second-order valence-corrected chi connectivity index (χ2v) is 5.95. The molecule has 3 aromatic rings. The quantitative estimate of drug-likeness (QED) is 0.761. The Labute approximate surface area is 119 Å². The van der Waals surface area contributed by atoms with Gasteiger partial charge in [0.25, 0.3) is 5.56 Å². The van der Waals surface area contributed by atoms with Crippen LogP contribution in [0.5, 0.6) is 0 Å². The number of hydrogen-bond acceptors (Lipinski definition) is 4. The van der Waals surface area contributed by atoms with Gasteiger partial charge in [-0.1, -0.05) is 29.8 Å². The number of nitrogens with one attached hydrogen (secondary N) is 1. The molecule has 2 heterocycles. The lowest BCUT2D eigenvalue weighted by Crippen LogP contribution is -2.11. The zero-order chi connectivity index (χ0) is 14.3. The molecule has 2 N–H and O–H groups in total. The van der Waals surface area contributed by atoms with Gasteiger partial charge in [0.2, 0.25) is 0 Å². The number of aromatic amines is 1. The number of aliphatic hydroxyl groups is 1. The van der Waals surface area contributed by atoms with Gasteiger partial charge >= 0.3 is 0 Å². The molecule has 0 bridgehead atoms. The van der Waals surface area contributed by atoms with Crippen molar-refractivity contribution in [1.29, 1.82) is 0 Å². The number of benzene rings is 1. The fraction of sp³-hybridized carbons (Fsp3) is 0.200. The van der Waals surface area contributed by atoms with Gasteiger partial charge in [-0.25, -0.2) is 4.98 Å². The van der Waals surface area contributed by atoms with Crippen molar-refractivity contribution >= 4 is 21.6 Å². The van der Waals surface area contributed by atoms with Crippen LogP contribution >= 0.6 is 11.3 Å². The molecule has 4 nitrogen and oxygen atoms in total. The number of nitrogens with zero attached hydrogens (tertiary/aromatic N) is 1. The SMILES string of the molecule is Cc1ccc(-c2c(C)sc3nc(CO)[nH]c(=O)c23)cc1. The number of rotatable bonds is 2. The maximum atomic E-state index is 12.2. The Kier molecular flexibility index (Phi) is 3.16. The highest BCUT2D eigenvalue weighted by atomic mass is 32.1. The molecule has 0 unspecified atom stereocenters. The minimum absolute atomic E-state index is 0.195. The van der Waals surface area contributed by atoms with Gasteiger partial charge in [0, 0.05) is 10.4 Å². The van der Waals surface area contributed by atoms with E-state index in [0.717, 1.165) is 16.0 Å². The lowest BCUT2D eigenvalue weighted by Gasteiger charge is -2.02. The number of aromatic nitrogens is 2. The molecule has 0 aliphatic carbocycles. The number of thiophene rings is 1. The van der Waals surface area contributed by atoms with Crippen LogP contribution in [0.4, 0.5) is 0 Å². The Morgan fingerprint density at radius 2 is 1.95 bits per heavy atom. The maximum Gasteiger partial charge on any atom is 0.260 e. The standard InChI is InChI=1S/C15H14N2O2S/c1-8-3-5-10(6-4-8)12-9(2)20-15-13(12)14(19)16-11(7-18)17-15/h3-6,18H,7H2,1-2H3,(H,16,17,19). The van der Waals surface area contributed by atoms with Crippen molar-refractivity contribution in [3.05, 3.63) is 50.9 Å². The first kappa shape index (κ1) is 13.0. The van der Waals surface area contributed by atoms with Crippen LogP contribution in [0.2, 0.25) is 0 Å². The largest absolute Gasteiger partial charge is 0.388 e. The summed E-state index contributed by atoms with van der Waals surface area (Å²) in [6.45, 7) is 3.76. The van der Waals surface area contributed by atoms with E-state index in [-0.39, 0.29) is 12.2 Å². The highest BCUT2D eigenvalue weighted by Crippen LogP contribution is 2.35. The minimum atomic E-state index is -0.262. The Bertz CT molecular complexity index is 831. The molecule has 5 heteroatoms. The number of fused-ring (bicyclic) bond motifs is 1. The summed E-state index contributed by atoms with van der Waals surface area (Å²) in [5, 5.41) is 9.72. The van der Waals surface area contributed by atoms with Crippen LogP contribution in [0, 0.1) is 13.8 Å². The lowest BCUT2D eigenvalue weighted by molar-refractivity contribution is 0.271. The molecule has 0 saturated heterocycles. The lowest BCUT2D eigenvalue weighted by atomic mass is 10.0. The van der Waals surface area contributed by atoms with Crippen molar-refractivity contribution in [3.8, 4) is 11.1 Å². The van der Waals surface area contributed by atoms with Crippen molar-refractivity contribution < 1.29 is 5.11 Å². The fourth-order valence-electron chi connectivity index (χ4n) is 2.31. The Balaban J connectivity index is 2.33. The van der Waals surface area contributed by atoms with Crippen LogP contribution in [-0.4, -0.2) is 15.1 Å². The summed E-state index contributed by atoms with van der Waals surface area (Å²) in [4.78, 5) is 20.9. The third-order valence-corrected chi connectivity index (χ3v) is 4.28. The highest BCUT2D eigenvalue weighted by Gasteiger charge is 2.16. The van der Waals surface area contributed by atoms with E-state index in [1.807, 2.05) is 38.1 Å². The smallest absolute Gasteiger partial charge is 0.260 e. The van der Waals surface area contributed by atoms with Crippen molar-refractivity contribution in [1.82, 2.24) is 9.97 Å². The van der Waals surface area contributed by atoms with Gasteiger partial charge in [-0.15, -0.1) is 11.3 Å². The molecular weight excluding hydrogens is 272 g/mol. The summed E-state index contributed by atoms with van der Waals surface area (Å²) in [5.41, 5.74) is 2.94. The first-order chi connectivity index (χ1) is 9.60. The topological polar surface area (TPSA) is 66.0 Å². The molecule has 0 atom stereocenters. The minimum Gasteiger partial charge on any atom is -0.388 e. The number of aliphatic hydroxyl groups excluding tert-OH is 1. The van der Waals surface area contributed by atoms with Gasteiger partial charge in [0.05, 0.1) is 5.39 Å². The third kappa shape index (κ3) is 2.05.